The topological polar surface area (TPSA) is 47.6 Å². The van der Waals surface area contributed by atoms with Gasteiger partial charge < -0.3 is 14.5 Å². The molecule has 0 saturated carbocycles. The average Bonchev–Trinajstić information content (AvgIpc) is 1.97. The molecule has 0 aliphatic heterocycles. The van der Waals surface area contributed by atoms with Crippen molar-refractivity contribution in [2.45, 2.75) is 52.4 Å². The zero-order valence-corrected chi connectivity index (χ0v) is 12.3. The fourth-order valence-corrected chi connectivity index (χ4v) is 1.71. The fraction of sp³-hybridized carbons (Fsp3) is 0.909. The van der Waals surface area contributed by atoms with Crippen molar-refractivity contribution in [3.05, 3.63) is 0 Å². The van der Waals surface area contributed by atoms with E-state index in [1.54, 1.807) is 0 Å². The molecule has 0 aliphatic carbocycles. The third-order valence-corrected chi connectivity index (χ3v) is 2.59. The van der Waals surface area contributed by atoms with Gasteiger partial charge in [-0.1, -0.05) is 0 Å². The Labute approximate surface area is 99.8 Å². The number of ether oxygens (including phenoxy) is 1. The highest BCUT2D eigenvalue weighted by atomic mass is 28.4. The number of rotatable bonds is 5. The number of carbonyl (C=O) groups is 1. The molecular weight excluding hydrogens is 222 g/mol. The van der Waals surface area contributed by atoms with Crippen LogP contribution in [0, 0.1) is 0 Å². The second-order valence-corrected chi connectivity index (χ2v) is 10.3. The van der Waals surface area contributed by atoms with Crippen molar-refractivity contribution in [2.24, 2.45) is 0 Å². The van der Waals surface area contributed by atoms with Crippen molar-refractivity contribution in [2.75, 3.05) is 13.2 Å². The molecule has 4 nitrogen and oxygen atoms in total. The van der Waals surface area contributed by atoms with E-state index >= 15 is 0 Å². The lowest BCUT2D eigenvalue weighted by atomic mass is 10.2. The molecule has 0 bridgehead atoms. The van der Waals surface area contributed by atoms with Crippen molar-refractivity contribution < 1.29 is 14.0 Å². The fourth-order valence-electron chi connectivity index (χ4n) is 0.955. The molecule has 16 heavy (non-hydrogen) atoms. The summed E-state index contributed by atoms with van der Waals surface area (Å²) >= 11 is 0. The van der Waals surface area contributed by atoms with Crippen molar-refractivity contribution in [3.63, 3.8) is 0 Å². The maximum absolute atomic E-state index is 11.3. The number of carbonyl (C=O) groups excluding carboxylic acids is 1. The molecule has 1 N–H and O–H groups in total. The Morgan fingerprint density at radius 1 is 1.25 bits per heavy atom. The molecule has 5 heteroatoms. The van der Waals surface area contributed by atoms with Gasteiger partial charge in [0, 0.05) is 13.2 Å². The molecule has 96 valence electrons. The van der Waals surface area contributed by atoms with Gasteiger partial charge in [-0.2, -0.15) is 0 Å². The summed E-state index contributed by atoms with van der Waals surface area (Å²) in [6.45, 7) is 13.3. The van der Waals surface area contributed by atoms with Gasteiger partial charge in [0.05, 0.1) is 0 Å². The van der Waals surface area contributed by atoms with Gasteiger partial charge in [0.1, 0.15) is 5.60 Å². The van der Waals surface area contributed by atoms with E-state index in [-0.39, 0.29) is 6.09 Å². The van der Waals surface area contributed by atoms with Gasteiger partial charge in [0.15, 0.2) is 8.32 Å². The zero-order chi connectivity index (χ0) is 12.8. The number of nitrogens with one attached hydrogen (secondary N) is 1. The predicted octanol–water partition coefficient (Wildman–Crippen LogP) is 2.75. The van der Waals surface area contributed by atoms with E-state index < -0.39 is 13.9 Å². The molecular formula is C11H25NO3Si. The number of hydrogen-bond donors (Lipinski definition) is 1. The third kappa shape index (κ3) is 11.5. The summed E-state index contributed by atoms with van der Waals surface area (Å²) in [5.74, 6) is 0. The van der Waals surface area contributed by atoms with E-state index in [4.69, 9.17) is 9.16 Å². The molecule has 0 aromatic carbocycles. The van der Waals surface area contributed by atoms with Gasteiger partial charge in [-0.25, -0.2) is 4.79 Å². The quantitative estimate of drug-likeness (QED) is 0.600. The van der Waals surface area contributed by atoms with E-state index in [1.807, 2.05) is 20.8 Å². The van der Waals surface area contributed by atoms with E-state index in [0.717, 1.165) is 6.42 Å². The standard InChI is InChI=1S/C11H25NO3Si/c1-11(2,3)15-10(13)12-8-7-9-14-16(4,5)6/h7-9H2,1-6H3,(H,12,13). The van der Waals surface area contributed by atoms with E-state index in [1.165, 1.54) is 0 Å². The lowest BCUT2D eigenvalue weighted by Gasteiger charge is -2.20. The molecule has 0 atom stereocenters. The first-order chi connectivity index (χ1) is 7.10. The van der Waals surface area contributed by atoms with Crippen LogP contribution in [0.15, 0.2) is 0 Å². The molecule has 0 aliphatic rings. The van der Waals surface area contributed by atoms with Gasteiger partial charge in [-0.15, -0.1) is 0 Å². The molecule has 1 amide bonds. The molecule has 0 aromatic rings. The summed E-state index contributed by atoms with van der Waals surface area (Å²) < 4.78 is 10.8. The second-order valence-electron chi connectivity index (χ2n) is 5.74. The van der Waals surface area contributed by atoms with Gasteiger partial charge in [0.2, 0.25) is 0 Å². The molecule has 0 spiro atoms. The Morgan fingerprint density at radius 2 is 1.81 bits per heavy atom. The minimum atomic E-state index is -1.42. The third-order valence-electron chi connectivity index (χ3n) is 1.52. The first-order valence-electron chi connectivity index (χ1n) is 5.71. The normalized spacial score (nSPS) is 12.4. The van der Waals surface area contributed by atoms with Crippen molar-refractivity contribution in [1.29, 1.82) is 0 Å². The van der Waals surface area contributed by atoms with E-state index in [2.05, 4.69) is 25.0 Å². The van der Waals surface area contributed by atoms with Crippen LogP contribution in [0.1, 0.15) is 27.2 Å². The highest BCUT2D eigenvalue weighted by Crippen LogP contribution is 2.06. The zero-order valence-electron chi connectivity index (χ0n) is 11.3. The average molecular weight is 247 g/mol. The summed E-state index contributed by atoms with van der Waals surface area (Å²) in [5.41, 5.74) is -0.432. The number of amides is 1. The summed E-state index contributed by atoms with van der Waals surface area (Å²) in [7, 11) is -1.42. The van der Waals surface area contributed by atoms with Gasteiger partial charge >= 0.3 is 6.09 Å². The number of hydrogen-bond acceptors (Lipinski definition) is 3. The Morgan fingerprint density at radius 3 is 2.25 bits per heavy atom. The first-order valence-corrected chi connectivity index (χ1v) is 9.12. The predicted molar refractivity (Wildman–Crippen MR) is 68.2 cm³/mol. The largest absolute Gasteiger partial charge is 0.444 e. The summed E-state index contributed by atoms with van der Waals surface area (Å²) in [6.07, 6.45) is 0.462. The van der Waals surface area contributed by atoms with Gasteiger partial charge in [0.25, 0.3) is 0 Å². The maximum atomic E-state index is 11.3. The van der Waals surface area contributed by atoms with Crippen LogP contribution in [-0.4, -0.2) is 33.2 Å². The Bertz CT molecular complexity index is 218. The number of alkyl carbamates (subject to hydrolysis) is 1. The van der Waals surface area contributed by atoms with Gasteiger partial charge in [-0.05, 0) is 46.8 Å². The Kier molecular flexibility index (Phi) is 6.03. The Balaban J connectivity index is 3.50. The van der Waals surface area contributed by atoms with Crippen LogP contribution in [0.25, 0.3) is 0 Å². The van der Waals surface area contributed by atoms with Crippen LogP contribution in [0.2, 0.25) is 19.6 Å². The van der Waals surface area contributed by atoms with Crippen LogP contribution < -0.4 is 5.32 Å². The lowest BCUT2D eigenvalue weighted by molar-refractivity contribution is 0.0525. The molecule has 0 fully saturated rings. The molecule has 0 heterocycles. The second kappa shape index (κ2) is 6.25. The minimum absolute atomic E-state index is 0.361. The summed E-state index contributed by atoms with van der Waals surface area (Å²) in [6, 6.07) is 0. The maximum Gasteiger partial charge on any atom is 0.407 e. The summed E-state index contributed by atoms with van der Waals surface area (Å²) in [5, 5.41) is 2.70. The van der Waals surface area contributed by atoms with Crippen molar-refractivity contribution in [1.82, 2.24) is 5.32 Å². The van der Waals surface area contributed by atoms with Gasteiger partial charge in [-0.3, -0.25) is 0 Å². The van der Waals surface area contributed by atoms with Crippen LogP contribution in [0.4, 0.5) is 4.79 Å². The highest BCUT2D eigenvalue weighted by Gasteiger charge is 2.16. The van der Waals surface area contributed by atoms with Crippen LogP contribution in [0.5, 0.6) is 0 Å². The molecule has 0 saturated heterocycles. The first kappa shape index (κ1) is 15.4. The van der Waals surface area contributed by atoms with Crippen LogP contribution in [-0.2, 0) is 9.16 Å². The molecule has 0 radical (unpaired) electrons. The van der Waals surface area contributed by atoms with Crippen molar-refractivity contribution in [3.8, 4) is 0 Å². The molecule has 0 aromatic heterocycles. The van der Waals surface area contributed by atoms with Crippen LogP contribution in [0.3, 0.4) is 0 Å². The van der Waals surface area contributed by atoms with E-state index in [9.17, 15) is 4.79 Å². The smallest absolute Gasteiger partial charge is 0.407 e. The Hall–Kier alpha value is -0.553. The van der Waals surface area contributed by atoms with Crippen LogP contribution >= 0.6 is 0 Å². The van der Waals surface area contributed by atoms with E-state index in [0.29, 0.717) is 13.2 Å². The SMILES string of the molecule is CC(C)(C)OC(=O)NCCCO[Si](C)(C)C. The molecule has 0 rings (SSSR count). The summed E-state index contributed by atoms with van der Waals surface area (Å²) in [4.78, 5) is 11.3. The monoisotopic (exact) mass is 247 g/mol. The molecule has 0 unspecified atom stereocenters. The minimum Gasteiger partial charge on any atom is -0.444 e. The highest BCUT2D eigenvalue weighted by molar-refractivity contribution is 6.69. The lowest BCUT2D eigenvalue weighted by Crippen LogP contribution is -2.34. The van der Waals surface area contributed by atoms with Crippen molar-refractivity contribution >= 4 is 14.4 Å².